The van der Waals surface area contributed by atoms with E-state index in [-0.39, 0.29) is 0 Å². The molecule has 0 radical (unpaired) electrons. The van der Waals surface area contributed by atoms with Crippen LogP contribution in [0.5, 0.6) is 0 Å². The Morgan fingerprint density at radius 2 is 0.467 bits per heavy atom. The zero-order chi connectivity index (χ0) is 21.8. The molecule has 0 atom stereocenters. The van der Waals surface area contributed by atoms with E-state index in [1.807, 2.05) is 0 Å². The van der Waals surface area contributed by atoms with Crippen LogP contribution in [0.25, 0.3) is 0 Å². The Morgan fingerprint density at radius 3 is 0.700 bits per heavy atom. The Hall–Kier alpha value is 0.700. The second-order valence-electron chi connectivity index (χ2n) is 9.42. The first-order valence-electron chi connectivity index (χ1n) is 14.2. The van der Waals surface area contributed by atoms with Gasteiger partial charge in [0.15, 0.2) is 0 Å². The Morgan fingerprint density at radius 1 is 0.267 bits per heavy atom. The van der Waals surface area contributed by atoms with Crippen LogP contribution in [0.15, 0.2) is 0 Å². The first kappa shape index (κ1) is 30.7. The van der Waals surface area contributed by atoms with Crippen LogP contribution in [0.4, 0.5) is 0 Å². The quantitative estimate of drug-likeness (QED) is 0.0886. The summed E-state index contributed by atoms with van der Waals surface area (Å²) in [4.78, 5) is 0. The highest BCUT2D eigenvalue weighted by Crippen LogP contribution is 2.25. The van der Waals surface area contributed by atoms with Crippen molar-refractivity contribution in [3.63, 3.8) is 0 Å². The Balaban J connectivity index is 2.97. The molecule has 0 aromatic carbocycles. The van der Waals surface area contributed by atoms with Gasteiger partial charge < -0.3 is 0 Å². The van der Waals surface area contributed by atoms with Crippen LogP contribution in [0.3, 0.4) is 0 Å². The van der Waals surface area contributed by atoms with Gasteiger partial charge in [0.05, 0.1) is 0 Å². The van der Waals surface area contributed by atoms with Gasteiger partial charge in [0.1, 0.15) is 0 Å². The summed E-state index contributed by atoms with van der Waals surface area (Å²) in [5, 5.41) is 0. The van der Waals surface area contributed by atoms with Gasteiger partial charge in [0, 0.05) is 11.5 Å². The second-order valence-corrected chi connectivity index (χ2v) is 12.1. The predicted molar refractivity (Wildman–Crippen MR) is 147 cm³/mol. The molecule has 0 nitrogen and oxygen atoms in total. The highest BCUT2D eigenvalue weighted by molar-refractivity contribution is 8.76. The van der Waals surface area contributed by atoms with Crippen molar-refractivity contribution in [3.05, 3.63) is 0 Å². The molecule has 0 saturated carbocycles. The third kappa shape index (κ3) is 28.7. The summed E-state index contributed by atoms with van der Waals surface area (Å²) in [6, 6.07) is 0. The lowest BCUT2D eigenvalue weighted by Gasteiger charge is -2.04. The van der Waals surface area contributed by atoms with Crippen molar-refractivity contribution in [2.75, 3.05) is 11.5 Å². The van der Waals surface area contributed by atoms with Crippen molar-refractivity contribution in [1.82, 2.24) is 0 Å². The third-order valence-corrected chi connectivity index (χ3v) is 8.82. The van der Waals surface area contributed by atoms with E-state index in [9.17, 15) is 0 Å². The van der Waals surface area contributed by atoms with Crippen molar-refractivity contribution in [3.8, 4) is 0 Å². The van der Waals surface area contributed by atoms with Crippen molar-refractivity contribution in [2.45, 2.75) is 168 Å². The van der Waals surface area contributed by atoms with E-state index in [0.29, 0.717) is 0 Å². The number of rotatable bonds is 27. The molecular formula is C28H58S2. The Bertz CT molecular complexity index is 252. The normalized spacial score (nSPS) is 11.4. The van der Waals surface area contributed by atoms with E-state index < -0.39 is 0 Å². The minimum atomic E-state index is 1.37. The monoisotopic (exact) mass is 458 g/mol. The largest absolute Gasteiger partial charge is 0.0942 e. The number of unbranched alkanes of at least 4 members (excludes halogenated alkanes) is 22. The fraction of sp³-hybridized carbons (Fsp3) is 1.00. The summed E-state index contributed by atoms with van der Waals surface area (Å²) in [5.74, 6) is 2.75. The molecule has 30 heavy (non-hydrogen) atoms. The molecule has 0 aliphatic rings. The van der Waals surface area contributed by atoms with Gasteiger partial charge in [-0.1, -0.05) is 177 Å². The molecule has 0 unspecified atom stereocenters. The van der Waals surface area contributed by atoms with Crippen molar-refractivity contribution >= 4 is 21.6 Å². The van der Waals surface area contributed by atoms with Crippen LogP contribution in [-0.4, -0.2) is 11.5 Å². The zero-order valence-corrected chi connectivity index (χ0v) is 22.8. The molecule has 0 aliphatic heterocycles. The van der Waals surface area contributed by atoms with E-state index in [2.05, 4.69) is 35.4 Å². The minimum absolute atomic E-state index is 1.37. The third-order valence-electron chi connectivity index (χ3n) is 6.25. The molecular weight excluding hydrogens is 400 g/mol. The SMILES string of the molecule is CCCCCCCCCCCCCCCCCCSSCCCCCCCCCC. The van der Waals surface area contributed by atoms with Gasteiger partial charge in [-0.25, -0.2) is 0 Å². The van der Waals surface area contributed by atoms with Gasteiger partial charge in [-0.3, -0.25) is 0 Å². The predicted octanol–water partition coefficient (Wildman–Crippen LogP) is 11.8. The van der Waals surface area contributed by atoms with Crippen LogP contribution in [0.2, 0.25) is 0 Å². The molecule has 0 spiro atoms. The molecule has 0 bridgehead atoms. The molecule has 0 amide bonds. The van der Waals surface area contributed by atoms with Crippen molar-refractivity contribution < 1.29 is 0 Å². The highest BCUT2D eigenvalue weighted by Gasteiger charge is 1.96. The van der Waals surface area contributed by atoms with Crippen LogP contribution in [0, 0.1) is 0 Å². The lowest BCUT2D eigenvalue weighted by atomic mass is 10.0. The molecule has 2 heteroatoms. The molecule has 0 fully saturated rings. The van der Waals surface area contributed by atoms with E-state index in [4.69, 9.17) is 0 Å². The standard InChI is InChI=1S/C28H58S2/c1-3-5-7-9-11-13-14-15-16-17-18-19-20-22-24-26-28-30-29-27-25-23-21-12-10-8-6-4-2/h3-28H2,1-2H3. The summed E-state index contributed by atoms with van der Waals surface area (Å²) in [6.45, 7) is 4.60. The first-order valence-corrected chi connectivity index (χ1v) is 16.6. The highest BCUT2D eigenvalue weighted by atomic mass is 33.1. The van der Waals surface area contributed by atoms with Gasteiger partial charge in [-0.15, -0.1) is 0 Å². The zero-order valence-electron chi connectivity index (χ0n) is 21.2. The molecule has 0 saturated heterocycles. The van der Waals surface area contributed by atoms with Crippen LogP contribution < -0.4 is 0 Å². The van der Waals surface area contributed by atoms with Gasteiger partial charge in [0.25, 0.3) is 0 Å². The minimum Gasteiger partial charge on any atom is -0.0942 e. The Labute approximate surface area is 200 Å². The van der Waals surface area contributed by atoms with Crippen molar-refractivity contribution in [2.24, 2.45) is 0 Å². The van der Waals surface area contributed by atoms with Crippen LogP contribution in [0.1, 0.15) is 168 Å². The average molecular weight is 459 g/mol. The lowest BCUT2D eigenvalue weighted by molar-refractivity contribution is 0.532. The summed E-state index contributed by atoms with van der Waals surface area (Å²) in [5.41, 5.74) is 0. The average Bonchev–Trinajstić information content (AvgIpc) is 2.76. The van der Waals surface area contributed by atoms with E-state index in [1.165, 1.54) is 166 Å². The smallest absolute Gasteiger partial charge is 0.00369 e. The summed E-state index contributed by atoms with van der Waals surface area (Å²) in [7, 11) is 4.26. The molecule has 182 valence electrons. The summed E-state index contributed by atoms with van der Waals surface area (Å²) >= 11 is 0. The molecule has 0 aliphatic carbocycles. The van der Waals surface area contributed by atoms with E-state index in [0.717, 1.165) is 0 Å². The summed E-state index contributed by atoms with van der Waals surface area (Å²) in [6.07, 6.45) is 35.1. The maximum absolute atomic E-state index is 2.30. The molecule has 0 N–H and O–H groups in total. The van der Waals surface area contributed by atoms with Crippen molar-refractivity contribution in [1.29, 1.82) is 0 Å². The van der Waals surface area contributed by atoms with Gasteiger partial charge in [-0.2, -0.15) is 0 Å². The number of hydrogen-bond donors (Lipinski definition) is 0. The fourth-order valence-corrected chi connectivity index (χ4v) is 6.42. The lowest BCUT2D eigenvalue weighted by Crippen LogP contribution is -1.85. The van der Waals surface area contributed by atoms with Gasteiger partial charge in [-0.05, 0) is 12.8 Å². The Kier molecular flexibility index (Phi) is 30.4. The van der Waals surface area contributed by atoms with Gasteiger partial charge in [0.2, 0.25) is 0 Å². The number of hydrogen-bond acceptors (Lipinski definition) is 2. The maximum atomic E-state index is 2.30. The van der Waals surface area contributed by atoms with E-state index >= 15 is 0 Å². The summed E-state index contributed by atoms with van der Waals surface area (Å²) < 4.78 is 0. The van der Waals surface area contributed by atoms with E-state index in [1.54, 1.807) is 0 Å². The first-order chi connectivity index (χ1) is 14.9. The fourth-order valence-electron chi connectivity index (χ4n) is 4.12. The molecule has 0 rings (SSSR count). The molecule has 0 aromatic rings. The molecule has 0 heterocycles. The molecule has 0 aromatic heterocycles. The topological polar surface area (TPSA) is 0 Å². The van der Waals surface area contributed by atoms with Crippen LogP contribution >= 0.6 is 21.6 Å². The van der Waals surface area contributed by atoms with Gasteiger partial charge >= 0.3 is 0 Å². The second kappa shape index (κ2) is 29.7. The van der Waals surface area contributed by atoms with Crippen LogP contribution in [-0.2, 0) is 0 Å². The maximum Gasteiger partial charge on any atom is 0.00369 e.